The average molecular weight is 313 g/mol. The van der Waals surface area contributed by atoms with E-state index in [0.29, 0.717) is 18.7 Å². The van der Waals surface area contributed by atoms with Crippen LogP contribution in [0.4, 0.5) is 5.69 Å². The van der Waals surface area contributed by atoms with Crippen LogP contribution in [0.5, 0.6) is 0 Å². The lowest BCUT2D eigenvalue weighted by molar-refractivity contribution is -0.120. The first-order chi connectivity index (χ1) is 10.7. The fraction of sp³-hybridized carbons (Fsp3) is 0.188. The topological polar surface area (TPSA) is 82.0 Å². The summed E-state index contributed by atoms with van der Waals surface area (Å²) < 4.78 is 0. The molecule has 2 N–H and O–H groups in total. The molecule has 0 aliphatic carbocycles. The van der Waals surface area contributed by atoms with E-state index in [9.17, 15) is 9.59 Å². The summed E-state index contributed by atoms with van der Waals surface area (Å²) in [7, 11) is 0. The predicted octanol–water partition coefficient (Wildman–Crippen LogP) is 2.46. The van der Waals surface area contributed by atoms with Gasteiger partial charge in [0.15, 0.2) is 0 Å². The van der Waals surface area contributed by atoms with Crippen LogP contribution in [0.25, 0.3) is 0 Å². The third-order valence-corrected chi connectivity index (χ3v) is 3.73. The summed E-state index contributed by atoms with van der Waals surface area (Å²) in [5.41, 5.74) is 1.55. The number of carbonyl (C=O) groups excluding carboxylic acids is 2. The standard InChI is InChI=1S/C16H15N3O2S/c17-7-6-15(20)18-11-12-3-1-4-13(9-12)19-16(21)10-14-5-2-8-22-14/h1-5,8-9H,6,10-11H2,(H,18,20)(H,19,21). The number of nitriles is 1. The molecule has 0 bridgehead atoms. The Balaban J connectivity index is 1.89. The molecule has 1 heterocycles. The highest BCUT2D eigenvalue weighted by Crippen LogP contribution is 2.13. The highest BCUT2D eigenvalue weighted by Gasteiger charge is 2.06. The third kappa shape index (κ3) is 5.04. The molecule has 5 nitrogen and oxygen atoms in total. The molecule has 2 aromatic rings. The Bertz CT molecular complexity index is 690. The molecule has 0 saturated carbocycles. The second-order valence-corrected chi connectivity index (χ2v) is 5.65. The van der Waals surface area contributed by atoms with Crippen LogP contribution in [0, 0.1) is 11.3 Å². The number of nitrogens with zero attached hydrogens (tertiary/aromatic N) is 1. The van der Waals surface area contributed by atoms with Crippen molar-refractivity contribution in [2.75, 3.05) is 5.32 Å². The summed E-state index contributed by atoms with van der Waals surface area (Å²) in [5.74, 6) is -0.386. The van der Waals surface area contributed by atoms with Crippen molar-refractivity contribution < 1.29 is 9.59 Å². The van der Waals surface area contributed by atoms with E-state index in [4.69, 9.17) is 5.26 Å². The van der Waals surface area contributed by atoms with Crippen molar-refractivity contribution in [3.8, 4) is 6.07 Å². The largest absolute Gasteiger partial charge is 0.351 e. The average Bonchev–Trinajstić information content (AvgIpc) is 2.98. The van der Waals surface area contributed by atoms with E-state index < -0.39 is 0 Å². The first kappa shape index (κ1) is 15.7. The number of benzene rings is 1. The fourth-order valence-corrected chi connectivity index (χ4v) is 2.57. The summed E-state index contributed by atoms with van der Waals surface area (Å²) in [6, 6.07) is 12.9. The minimum Gasteiger partial charge on any atom is -0.351 e. The summed E-state index contributed by atoms with van der Waals surface area (Å²) in [4.78, 5) is 24.2. The van der Waals surface area contributed by atoms with Crippen LogP contribution in [0.2, 0.25) is 0 Å². The summed E-state index contributed by atoms with van der Waals surface area (Å²) in [5, 5.41) is 15.8. The molecule has 0 radical (unpaired) electrons. The lowest BCUT2D eigenvalue weighted by Crippen LogP contribution is -2.22. The molecule has 1 aromatic heterocycles. The maximum absolute atomic E-state index is 11.9. The van der Waals surface area contributed by atoms with E-state index in [-0.39, 0.29) is 18.2 Å². The monoisotopic (exact) mass is 313 g/mol. The van der Waals surface area contributed by atoms with E-state index in [2.05, 4.69) is 10.6 Å². The Labute approximate surface area is 132 Å². The molecule has 0 spiro atoms. The number of nitrogens with one attached hydrogen (secondary N) is 2. The molecule has 0 unspecified atom stereocenters. The van der Waals surface area contributed by atoms with Crippen molar-refractivity contribution in [1.29, 1.82) is 5.26 Å². The van der Waals surface area contributed by atoms with Crippen molar-refractivity contribution in [3.05, 3.63) is 52.2 Å². The maximum Gasteiger partial charge on any atom is 0.234 e. The maximum atomic E-state index is 11.9. The number of carbonyl (C=O) groups is 2. The van der Waals surface area contributed by atoms with E-state index in [1.807, 2.05) is 29.6 Å². The molecular formula is C16H15N3O2S. The van der Waals surface area contributed by atoms with Gasteiger partial charge in [-0.3, -0.25) is 9.59 Å². The zero-order chi connectivity index (χ0) is 15.8. The van der Waals surface area contributed by atoms with E-state index in [0.717, 1.165) is 10.4 Å². The molecular weight excluding hydrogens is 298 g/mol. The second kappa shape index (κ2) is 7.96. The highest BCUT2D eigenvalue weighted by molar-refractivity contribution is 7.10. The number of anilines is 1. The molecule has 0 fully saturated rings. The SMILES string of the molecule is N#CCC(=O)NCc1cccc(NC(=O)Cc2cccs2)c1. The Morgan fingerprint density at radius 1 is 1.18 bits per heavy atom. The number of amides is 2. The third-order valence-electron chi connectivity index (χ3n) is 2.85. The summed E-state index contributed by atoms with van der Waals surface area (Å²) >= 11 is 1.55. The van der Waals surface area contributed by atoms with Gasteiger partial charge in [-0.1, -0.05) is 18.2 Å². The van der Waals surface area contributed by atoms with Crippen LogP contribution in [0.3, 0.4) is 0 Å². The minimum absolute atomic E-state index is 0.0758. The fourth-order valence-electron chi connectivity index (χ4n) is 1.87. The van der Waals surface area contributed by atoms with Crippen molar-refractivity contribution in [2.24, 2.45) is 0 Å². The van der Waals surface area contributed by atoms with Crippen molar-refractivity contribution in [3.63, 3.8) is 0 Å². The first-order valence-electron chi connectivity index (χ1n) is 6.72. The number of hydrogen-bond acceptors (Lipinski definition) is 4. The van der Waals surface area contributed by atoms with Crippen molar-refractivity contribution in [1.82, 2.24) is 5.32 Å². The Kier molecular flexibility index (Phi) is 5.69. The molecule has 0 aliphatic rings. The number of hydrogen-bond donors (Lipinski definition) is 2. The first-order valence-corrected chi connectivity index (χ1v) is 7.60. The Morgan fingerprint density at radius 2 is 2.05 bits per heavy atom. The van der Waals surface area contributed by atoms with Crippen LogP contribution in [-0.4, -0.2) is 11.8 Å². The van der Waals surface area contributed by atoms with Gasteiger partial charge in [-0.2, -0.15) is 5.26 Å². The molecule has 112 valence electrons. The van der Waals surface area contributed by atoms with E-state index in [1.165, 1.54) is 0 Å². The Morgan fingerprint density at radius 3 is 2.77 bits per heavy atom. The zero-order valence-corrected chi connectivity index (χ0v) is 12.7. The predicted molar refractivity (Wildman–Crippen MR) is 85.2 cm³/mol. The molecule has 1 aromatic carbocycles. The molecule has 2 amide bonds. The van der Waals surface area contributed by atoms with Gasteiger partial charge in [0.1, 0.15) is 6.42 Å². The zero-order valence-electron chi connectivity index (χ0n) is 11.8. The highest BCUT2D eigenvalue weighted by atomic mass is 32.1. The van der Waals surface area contributed by atoms with Gasteiger partial charge in [0.05, 0.1) is 12.5 Å². The number of thiophene rings is 1. The normalized spacial score (nSPS) is 9.77. The van der Waals surface area contributed by atoms with Gasteiger partial charge in [-0.15, -0.1) is 11.3 Å². The van der Waals surface area contributed by atoms with E-state index >= 15 is 0 Å². The van der Waals surface area contributed by atoms with E-state index in [1.54, 1.807) is 29.5 Å². The Hall–Kier alpha value is -2.65. The van der Waals surface area contributed by atoms with Gasteiger partial charge in [0, 0.05) is 17.1 Å². The molecule has 0 atom stereocenters. The van der Waals surface area contributed by atoms with Gasteiger partial charge in [-0.05, 0) is 29.1 Å². The quantitative estimate of drug-likeness (QED) is 0.859. The summed E-state index contributed by atoms with van der Waals surface area (Å²) in [6.45, 7) is 0.329. The van der Waals surface area contributed by atoms with Gasteiger partial charge >= 0.3 is 0 Å². The van der Waals surface area contributed by atoms with Gasteiger partial charge in [0.2, 0.25) is 11.8 Å². The lowest BCUT2D eigenvalue weighted by Gasteiger charge is -2.08. The van der Waals surface area contributed by atoms with Crippen LogP contribution < -0.4 is 10.6 Å². The second-order valence-electron chi connectivity index (χ2n) is 4.62. The van der Waals surface area contributed by atoms with Crippen molar-refractivity contribution >= 4 is 28.8 Å². The van der Waals surface area contributed by atoms with Gasteiger partial charge in [0.25, 0.3) is 0 Å². The molecule has 2 rings (SSSR count). The van der Waals surface area contributed by atoms with Crippen LogP contribution >= 0.6 is 11.3 Å². The van der Waals surface area contributed by atoms with Crippen LogP contribution in [0.15, 0.2) is 41.8 Å². The smallest absolute Gasteiger partial charge is 0.234 e. The van der Waals surface area contributed by atoms with Crippen LogP contribution in [0.1, 0.15) is 16.9 Å². The van der Waals surface area contributed by atoms with Gasteiger partial charge in [-0.25, -0.2) is 0 Å². The van der Waals surface area contributed by atoms with Crippen LogP contribution in [-0.2, 0) is 22.6 Å². The number of rotatable bonds is 6. The van der Waals surface area contributed by atoms with Crippen molar-refractivity contribution in [2.45, 2.75) is 19.4 Å². The molecule has 0 saturated heterocycles. The molecule has 6 heteroatoms. The molecule has 0 aliphatic heterocycles. The summed E-state index contributed by atoms with van der Waals surface area (Å²) in [6.07, 6.45) is 0.193. The minimum atomic E-state index is -0.311. The van der Waals surface area contributed by atoms with Gasteiger partial charge < -0.3 is 10.6 Å². The lowest BCUT2D eigenvalue weighted by atomic mass is 10.2. The molecule has 22 heavy (non-hydrogen) atoms.